The van der Waals surface area contributed by atoms with Crippen molar-refractivity contribution >= 4 is 50.1 Å². The first kappa shape index (κ1) is 20.8. The zero-order chi connectivity index (χ0) is 15.9. The molecule has 0 spiro atoms. The predicted molar refractivity (Wildman–Crippen MR) is 111 cm³/mol. The monoisotopic (exact) mass is 454 g/mol. The average molecular weight is 452 g/mol. The Labute approximate surface area is 148 Å². The summed E-state index contributed by atoms with van der Waals surface area (Å²) < 4.78 is 2.25. The van der Waals surface area contributed by atoms with Gasteiger partial charge in [-0.3, -0.25) is 0 Å². The van der Waals surface area contributed by atoms with E-state index >= 15 is 0 Å². The Morgan fingerprint density at radius 3 is 1.33 bits per heavy atom. The molecular weight excluding hydrogens is 414 g/mol. The molecule has 126 valence electrons. The number of hydrogen-bond donors (Lipinski definition) is 0. The van der Waals surface area contributed by atoms with E-state index in [9.17, 15) is 0 Å². The Kier molecular flexibility index (Phi) is 9.85. The van der Waals surface area contributed by atoms with E-state index in [1.165, 1.54) is 21.5 Å². The van der Waals surface area contributed by atoms with Gasteiger partial charge in [0.05, 0.1) is 0 Å². The van der Waals surface area contributed by atoms with Crippen LogP contribution in [0.2, 0.25) is 35.1 Å². The summed E-state index contributed by atoms with van der Waals surface area (Å²) in [6.07, 6.45) is 1.45. The summed E-state index contributed by atoms with van der Waals surface area (Å²) in [5.74, 6) is 2.89. The van der Waals surface area contributed by atoms with Gasteiger partial charge in [-0.15, -0.1) is 0 Å². The van der Waals surface area contributed by atoms with Gasteiger partial charge in [0, 0.05) is 0 Å². The van der Waals surface area contributed by atoms with Crippen LogP contribution in [0.3, 0.4) is 0 Å². The molecule has 0 saturated carbocycles. The van der Waals surface area contributed by atoms with Crippen molar-refractivity contribution in [2.24, 2.45) is 0 Å². The Bertz CT molecular complexity index is 246. The Hall–Kier alpha value is 1.79. The molecule has 0 aromatic rings. The fourth-order valence-electron chi connectivity index (χ4n) is 4.74. The van der Waals surface area contributed by atoms with E-state index < -0.39 is 26.5 Å². The molecule has 0 aromatic carbocycles. The molecule has 4 heteroatoms. The molecule has 0 aliphatic carbocycles. The fraction of sp³-hybridized carbons (Fsp3) is 1.00. The number of thioether (sulfide) groups is 2. The summed E-state index contributed by atoms with van der Waals surface area (Å²) in [6.45, 7) is 15.4. The molecule has 0 amide bonds. The van der Waals surface area contributed by atoms with Gasteiger partial charge in [-0.25, -0.2) is 0 Å². The molecule has 0 aromatic heterocycles. The second kappa shape index (κ2) is 9.93. The zero-order valence-corrected chi connectivity index (χ0v) is 21.2. The van der Waals surface area contributed by atoms with Crippen LogP contribution in [0.15, 0.2) is 0 Å². The van der Waals surface area contributed by atoms with Crippen molar-refractivity contribution in [3.8, 4) is 0 Å². The molecule has 0 atom stereocenters. The number of hydrogen-bond acceptors (Lipinski definition) is 2. The minimum absolute atomic E-state index is 0.999. The molecule has 0 bridgehead atoms. The second-order valence-corrected chi connectivity index (χ2v) is 35.1. The van der Waals surface area contributed by atoms with Crippen LogP contribution in [-0.4, -0.2) is 42.6 Å². The molecule has 1 saturated heterocycles. The Morgan fingerprint density at radius 2 is 1.05 bits per heavy atom. The molecule has 21 heavy (non-hydrogen) atoms. The molecule has 1 rings (SSSR count). The van der Waals surface area contributed by atoms with Gasteiger partial charge in [-0.1, -0.05) is 0 Å². The van der Waals surface area contributed by atoms with Crippen LogP contribution in [0.1, 0.15) is 48.0 Å². The van der Waals surface area contributed by atoms with Crippen LogP contribution in [0.4, 0.5) is 0 Å². The van der Waals surface area contributed by atoms with Gasteiger partial charge in [0.2, 0.25) is 0 Å². The van der Waals surface area contributed by atoms with Gasteiger partial charge in [0.25, 0.3) is 0 Å². The molecule has 1 aliphatic rings. The van der Waals surface area contributed by atoms with Crippen molar-refractivity contribution in [3.05, 3.63) is 0 Å². The van der Waals surface area contributed by atoms with Gasteiger partial charge >= 0.3 is 149 Å². The van der Waals surface area contributed by atoms with Gasteiger partial charge in [-0.2, -0.15) is 0 Å². The first-order valence-electron chi connectivity index (χ1n) is 9.32. The summed E-state index contributed by atoms with van der Waals surface area (Å²) in [4.78, 5) is 0. The quantitative estimate of drug-likeness (QED) is 0.343. The second-order valence-electron chi connectivity index (χ2n) is 6.79. The van der Waals surface area contributed by atoms with Gasteiger partial charge in [0.1, 0.15) is 0 Å². The van der Waals surface area contributed by atoms with Gasteiger partial charge in [0.15, 0.2) is 0 Å². The van der Waals surface area contributed by atoms with Crippen molar-refractivity contribution in [1.29, 1.82) is 0 Å². The molecular formula is C17H38Ge2S2. The first-order valence-corrected chi connectivity index (χ1v) is 22.7. The topological polar surface area (TPSA) is 0 Å². The zero-order valence-electron chi connectivity index (χ0n) is 15.3. The molecule has 0 unspecified atom stereocenters. The van der Waals surface area contributed by atoms with Crippen LogP contribution < -0.4 is 0 Å². The molecule has 1 aliphatic heterocycles. The van der Waals surface area contributed by atoms with Crippen LogP contribution in [0.25, 0.3) is 0 Å². The molecule has 1 heterocycles. The van der Waals surface area contributed by atoms with Crippen LogP contribution >= 0.6 is 23.5 Å². The molecule has 0 radical (unpaired) electrons. The summed E-state index contributed by atoms with van der Waals surface area (Å²) in [6, 6.07) is 0. The molecule has 1 fully saturated rings. The van der Waals surface area contributed by atoms with E-state index in [4.69, 9.17) is 0 Å². The van der Waals surface area contributed by atoms with Crippen LogP contribution in [0.5, 0.6) is 0 Å². The average Bonchev–Trinajstić information content (AvgIpc) is 2.57. The maximum absolute atomic E-state index is 2.56. The number of rotatable bonds is 9. The summed E-state index contributed by atoms with van der Waals surface area (Å²) in [5, 5.41) is 9.51. The van der Waals surface area contributed by atoms with E-state index in [0.717, 1.165) is 4.58 Å². The predicted octanol–water partition coefficient (Wildman–Crippen LogP) is 7.11. The summed E-state index contributed by atoms with van der Waals surface area (Å²) in [7, 11) is 0. The van der Waals surface area contributed by atoms with Crippen LogP contribution in [-0.2, 0) is 0 Å². The summed E-state index contributed by atoms with van der Waals surface area (Å²) >= 11 is 1.36. The van der Waals surface area contributed by atoms with Crippen molar-refractivity contribution in [2.45, 2.75) is 87.6 Å². The van der Waals surface area contributed by atoms with Crippen molar-refractivity contribution in [2.75, 3.05) is 11.5 Å². The van der Waals surface area contributed by atoms with Gasteiger partial charge < -0.3 is 0 Å². The third-order valence-electron chi connectivity index (χ3n) is 6.67. The Balaban J connectivity index is 3.25. The third-order valence-corrected chi connectivity index (χ3v) is 49.8. The standard InChI is InChI=1S/C17H38Ge2S2/c1-7-18(8-2,9-3)16(17-20-14-13-15-21-17)19(10-4,11-5)12-6/h16-17H,7-15H2,1-6H3. The van der Waals surface area contributed by atoms with Crippen molar-refractivity contribution in [1.82, 2.24) is 0 Å². The summed E-state index contributed by atoms with van der Waals surface area (Å²) in [5.41, 5.74) is 0. The van der Waals surface area contributed by atoms with E-state index in [1.54, 1.807) is 31.5 Å². The SMILES string of the molecule is C[CH2][Ge]([CH2]C)([CH2]C)[CH](C1SCCCS1)[Ge]([CH2]C)([CH2]C)[CH2]C. The third kappa shape index (κ3) is 4.45. The van der Waals surface area contributed by atoms with Crippen molar-refractivity contribution < 1.29 is 0 Å². The van der Waals surface area contributed by atoms with Gasteiger partial charge in [-0.05, 0) is 0 Å². The molecule has 0 nitrogen and oxygen atoms in total. The normalized spacial score (nSPS) is 18.4. The Morgan fingerprint density at radius 1 is 0.714 bits per heavy atom. The first-order chi connectivity index (χ1) is 10.1. The van der Waals surface area contributed by atoms with E-state index in [-0.39, 0.29) is 0 Å². The maximum atomic E-state index is 2.56. The molecule has 0 N–H and O–H groups in total. The fourth-order valence-corrected chi connectivity index (χ4v) is 60.3. The van der Waals surface area contributed by atoms with E-state index in [1.807, 2.05) is 0 Å². The van der Waals surface area contributed by atoms with E-state index in [2.05, 4.69) is 65.1 Å². The minimum atomic E-state index is -1.69. The van der Waals surface area contributed by atoms with Crippen molar-refractivity contribution in [3.63, 3.8) is 0 Å². The van der Waals surface area contributed by atoms with E-state index in [0.29, 0.717) is 0 Å². The van der Waals surface area contributed by atoms with Crippen LogP contribution in [0, 0.1) is 0 Å².